The van der Waals surface area contributed by atoms with Crippen LogP contribution in [0.2, 0.25) is 6.32 Å². The number of halogens is 2. The van der Waals surface area contributed by atoms with Gasteiger partial charge in [-0.2, -0.15) is 0 Å². The van der Waals surface area contributed by atoms with Gasteiger partial charge in [-0.15, -0.1) is 24.8 Å². The lowest BCUT2D eigenvalue weighted by Crippen LogP contribution is -1.80. The van der Waals surface area contributed by atoms with E-state index in [1.165, 1.54) is 6.32 Å². The third kappa shape index (κ3) is 20.5. The van der Waals surface area contributed by atoms with Gasteiger partial charge in [0, 0.05) is 0 Å². The summed E-state index contributed by atoms with van der Waals surface area (Å²) in [6.07, 6.45) is 1.31. The number of rotatable bonds is 1. The van der Waals surface area contributed by atoms with E-state index < -0.39 is 0 Å². The van der Waals surface area contributed by atoms with Crippen molar-refractivity contribution in [2.24, 2.45) is 5.92 Å². The molecule has 0 spiro atoms. The maximum atomic E-state index is 2.22. The molecule has 0 aromatic rings. The van der Waals surface area contributed by atoms with Crippen LogP contribution in [0.15, 0.2) is 0 Å². The van der Waals surface area contributed by atoms with E-state index in [2.05, 4.69) is 21.7 Å². The Morgan fingerprint density at radius 3 is 1.43 bits per heavy atom. The minimum Gasteiger partial charge on any atom is -0.147 e. The second kappa shape index (κ2) is 9.81. The Kier molecular flexibility index (Phi) is 21.9. The smallest absolute Gasteiger partial charge is 0.101 e. The molecule has 0 fully saturated rings. The maximum Gasteiger partial charge on any atom is 0.101 e. The van der Waals surface area contributed by atoms with Crippen LogP contribution in [0, 0.1) is 5.92 Å². The van der Waals surface area contributed by atoms with E-state index >= 15 is 0 Å². The zero-order valence-electron chi connectivity index (χ0n) is 5.10. The largest absolute Gasteiger partial charge is 0.147 e. The summed E-state index contributed by atoms with van der Waals surface area (Å²) in [4.78, 5) is 0. The average molecular weight is 143 g/mol. The molecule has 0 amide bonds. The molecule has 0 heterocycles. The van der Waals surface area contributed by atoms with E-state index in [0.29, 0.717) is 0 Å². The molecule has 0 aromatic heterocycles. The molecule has 0 atom stereocenters. The second-order valence-corrected chi connectivity index (χ2v) is 1.80. The molecule has 0 aliphatic rings. The SMILES string of the molecule is BCC(C)C.Cl.Cl. The van der Waals surface area contributed by atoms with Gasteiger partial charge in [0.2, 0.25) is 0 Å². The van der Waals surface area contributed by atoms with Gasteiger partial charge in [-0.1, -0.05) is 26.1 Å². The maximum absolute atomic E-state index is 2.22. The predicted octanol–water partition coefficient (Wildman–Crippen LogP) is 1.54. The Balaban J connectivity index is -0.0000000800. The number of hydrogen-bond acceptors (Lipinski definition) is 0. The van der Waals surface area contributed by atoms with E-state index in [-0.39, 0.29) is 24.8 Å². The van der Waals surface area contributed by atoms with E-state index in [1.807, 2.05) is 0 Å². The van der Waals surface area contributed by atoms with Crippen LogP contribution < -0.4 is 0 Å². The molecule has 0 nitrogen and oxygen atoms in total. The molecule has 0 saturated heterocycles. The zero-order chi connectivity index (χ0) is 4.28. The Bertz CT molecular complexity index is 23.7. The summed E-state index contributed by atoms with van der Waals surface area (Å²) in [6, 6.07) is 0. The van der Waals surface area contributed by atoms with Crippen LogP contribution in [0.3, 0.4) is 0 Å². The Labute approximate surface area is 59.3 Å². The molecule has 0 saturated carbocycles. The molecule has 0 aliphatic carbocycles. The highest BCUT2D eigenvalue weighted by Gasteiger charge is 1.80. The summed E-state index contributed by atoms with van der Waals surface area (Å²) >= 11 is 0. The Morgan fingerprint density at radius 2 is 1.43 bits per heavy atom. The van der Waals surface area contributed by atoms with Gasteiger partial charge in [-0.05, 0) is 0 Å². The van der Waals surface area contributed by atoms with Crippen LogP contribution in [-0.4, -0.2) is 7.85 Å². The van der Waals surface area contributed by atoms with Crippen LogP contribution in [0.1, 0.15) is 13.8 Å². The molecule has 0 aromatic carbocycles. The molecule has 7 heavy (non-hydrogen) atoms. The fourth-order valence-corrected chi connectivity index (χ4v) is 0. The van der Waals surface area contributed by atoms with Crippen molar-refractivity contribution in [3.8, 4) is 0 Å². The molecular weight excluding hydrogens is 130 g/mol. The molecule has 46 valence electrons. The second-order valence-electron chi connectivity index (χ2n) is 1.80. The summed E-state index contributed by atoms with van der Waals surface area (Å²) in [5, 5.41) is 0. The number of hydrogen-bond donors (Lipinski definition) is 0. The first kappa shape index (κ1) is 15.6. The average Bonchev–Trinajstić information content (AvgIpc) is 1.38. The first-order chi connectivity index (χ1) is 2.27. The van der Waals surface area contributed by atoms with Gasteiger partial charge < -0.3 is 0 Å². The Hall–Kier alpha value is 0.645. The first-order valence-corrected chi connectivity index (χ1v) is 2.27. The summed E-state index contributed by atoms with van der Waals surface area (Å²) in [5.74, 6) is 0.884. The van der Waals surface area contributed by atoms with Crippen molar-refractivity contribution < 1.29 is 0 Å². The minimum absolute atomic E-state index is 0. The highest BCUT2D eigenvalue weighted by Crippen LogP contribution is 1.92. The first-order valence-electron chi connectivity index (χ1n) is 2.27. The third-order valence-electron chi connectivity index (χ3n) is 0.816. The van der Waals surface area contributed by atoms with Crippen LogP contribution >= 0.6 is 24.8 Å². The van der Waals surface area contributed by atoms with Crippen molar-refractivity contribution in [2.75, 3.05) is 0 Å². The van der Waals surface area contributed by atoms with Crippen LogP contribution in [0.25, 0.3) is 0 Å². The molecule has 0 bridgehead atoms. The summed E-state index contributed by atoms with van der Waals surface area (Å²) in [5.41, 5.74) is 0. The molecule has 3 heteroatoms. The molecule has 0 radical (unpaired) electrons. The van der Waals surface area contributed by atoms with Gasteiger partial charge in [0.05, 0.1) is 0 Å². The minimum atomic E-state index is 0. The van der Waals surface area contributed by atoms with Crippen molar-refractivity contribution in [2.45, 2.75) is 20.2 Å². The summed E-state index contributed by atoms with van der Waals surface area (Å²) < 4.78 is 0. The van der Waals surface area contributed by atoms with Crippen molar-refractivity contribution in [3.63, 3.8) is 0 Å². The molecular formula is C4H13BCl2. The van der Waals surface area contributed by atoms with Gasteiger partial charge in [0.25, 0.3) is 0 Å². The fourth-order valence-electron chi connectivity index (χ4n) is 0. The predicted molar refractivity (Wildman–Crippen MR) is 42.7 cm³/mol. The van der Waals surface area contributed by atoms with Gasteiger partial charge >= 0.3 is 0 Å². The lowest BCUT2D eigenvalue weighted by molar-refractivity contribution is 0.735. The molecule has 0 rings (SSSR count). The highest BCUT2D eigenvalue weighted by molar-refractivity contribution is 6.08. The van der Waals surface area contributed by atoms with Crippen molar-refractivity contribution in [1.82, 2.24) is 0 Å². The van der Waals surface area contributed by atoms with Crippen molar-refractivity contribution in [1.29, 1.82) is 0 Å². The lowest BCUT2D eigenvalue weighted by atomic mass is 9.95. The van der Waals surface area contributed by atoms with Crippen LogP contribution in [0.5, 0.6) is 0 Å². The molecule has 0 aliphatic heterocycles. The standard InChI is InChI=1S/C4H11B.2ClH/c1-4(2)3-5;;/h4H,3,5H2,1-2H3;2*1H. The quantitative estimate of drug-likeness (QED) is 0.488. The van der Waals surface area contributed by atoms with Gasteiger partial charge in [0.15, 0.2) is 0 Å². The summed E-state index contributed by atoms with van der Waals surface area (Å²) in [7, 11) is 2.20. The van der Waals surface area contributed by atoms with E-state index in [1.54, 1.807) is 0 Å². The molecule has 0 N–H and O–H groups in total. The van der Waals surface area contributed by atoms with Crippen molar-refractivity contribution >= 4 is 32.7 Å². The Morgan fingerprint density at radius 1 is 1.29 bits per heavy atom. The zero-order valence-corrected chi connectivity index (χ0v) is 6.73. The fraction of sp³-hybridized carbons (Fsp3) is 1.00. The highest BCUT2D eigenvalue weighted by atomic mass is 35.5. The summed E-state index contributed by atoms with van der Waals surface area (Å²) in [6.45, 7) is 4.44. The van der Waals surface area contributed by atoms with E-state index in [9.17, 15) is 0 Å². The normalized spacial score (nSPS) is 6.71. The van der Waals surface area contributed by atoms with Crippen LogP contribution in [-0.2, 0) is 0 Å². The van der Waals surface area contributed by atoms with Crippen LogP contribution in [0.4, 0.5) is 0 Å². The third-order valence-corrected chi connectivity index (χ3v) is 0.816. The molecule has 0 unspecified atom stereocenters. The monoisotopic (exact) mass is 142 g/mol. The van der Waals surface area contributed by atoms with Gasteiger partial charge in [-0.3, -0.25) is 0 Å². The van der Waals surface area contributed by atoms with E-state index in [0.717, 1.165) is 5.92 Å². The van der Waals surface area contributed by atoms with Crippen molar-refractivity contribution in [3.05, 3.63) is 0 Å². The topological polar surface area (TPSA) is 0 Å². The van der Waals surface area contributed by atoms with Gasteiger partial charge in [0.1, 0.15) is 7.85 Å². The van der Waals surface area contributed by atoms with E-state index in [4.69, 9.17) is 0 Å². The lowest BCUT2D eigenvalue weighted by Gasteiger charge is -1.90. The van der Waals surface area contributed by atoms with Gasteiger partial charge in [-0.25, -0.2) is 0 Å².